The normalized spacial score (nSPS) is 13.7. The van der Waals surface area contributed by atoms with Crippen molar-refractivity contribution in [3.05, 3.63) is 34.3 Å². The van der Waals surface area contributed by atoms with Gasteiger partial charge in [-0.3, -0.25) is 4.79 Å². The molecule has 1 rings (SSSR count). The number of halogens is 1. The molecular formula is C12H14ClNO5. The lowest BCUT2D eigenvalue weighted by Gasteiger charge is -2.19. The summed E-state index contributed by atoms with van der Waals surface area (Å²) < 4.78 is 0. The Morgan fingerprint density at radius 3 is 2.53 bits per heavy atom. The molecule has 7 heteroatoms. The third-order valence-electron chi connectivity index (χ3n) is 2.49. The second kappa shape index (κ2) is 6.51. The van der Waals surface area contributed by atoms with E-state index in [2.05, 4.69) is 5.32 Å². The molecule has 1 amide bonds. The molecule has 0 aliphatic carbocycles. The first-order valence-corrected chi connectivity index (χ1v) is 5.84. The van der Waals surface area contributed by atoms with E-state index >= 15 is 0 Å². The molecule has 1 aromatic rings. The first-order valence-electron chi connectivity index (χ1n) is 5.46. The highest BCUT2D eigenvalue weighted by Gasteiger charge is 2.22. The van der Waals surface area contributed by atoms with Crippen LogP contribution >= 0.6 is 11.6 Å². The molecule has 0 bridgehead atoms. The number of aromatic carboxylic acids is 1. The molecule has 0 saturated heterocycles. The fourth-order valence-electron chi connectivity index (χ4n) is 1.47. The van der Waals surface area contributed by atoms with E-state index < -0.39 is 18.2 Å². The van der Waals surface area contributed by atoms with E-state index in [4.69, 9.17) is 16.7 Å². The molecule has 0 aliphatic heterocycles. The van der Waals surface area contributed by atoms with Gasteiger partial charge < -0.3 is 20.6 Å². The lowest BCUT2D eigenvalue weighted by molar-refractivity contribution is -0.119. The van der Waals surface area contributed by atoms with Crippen LogP contribution in [0.25, 0.3) is 0 Å². The Hall–Kier alpha value is -1.63. The van der Waals surface area contributed by atoms with Crippen molar-refractivity contribution >= 4 is 23.5 Å². The number of aliphatic hydroxyl groups excluding tert-OH is 2. The van der Waals surface area contributed by atoms with Crippen molar-refractivity contribution in [1.29, 1.82) is 0 Å². The zero-order valence-electron chi connectivity index (χ0n) is 10.1. The zero-order chi connectivity index (χ0) is 14.6. The van der Waals surface area contributed by atoms with E-state index in [-0.39, 0.29) is 28.6 Å². The predicted octanol–water partition coefficient (Wildman–Crippen LogP) is 0.569. The minimum atomic E-state index is -1.39. The van der Waals surface area contributed by atoms with E-state index in [0.717, 1.165) is 0 Å². The van der Waals surface area contributed by atoms with E-state index in [1.54, 1.807) is 0 Å². The second-order valence-electron chi connectivity index (χ2n) is 3.99. The monoisotopic (exact) mass is 287 g/mol. The molecule has 19 heavy (non-hydrogen) atoms. The molecule has 0 radical (unpaired) electrons. The molecule has 0 aromatic heterocycles. The number of carbonyl (C=O) groups is 2. The highest BCUT2D eigenvalue weighted by Crippen LogP contribution is 2.26. The SMILES string of the molecule is CC(=O)NCC(O)C(O)c1cc(C(=O)O)ccc1Cl. The summed E-state index contributed by atoms with van der Waals surface area (Å²) in [6.07, 6.45) is -2.68. The van der Waals surface area contributed by atoms with Crippen molar-refractivity contribution in [2.75, 3.05) is 6.54 Å². The fourth-order valence-corrected chi connectivity index (χ4v) is 1.70. The third-order valence-corrected chi connectivity index (χ3v) is 2.83. The summed E-state index contributed by atoms with van der Waals surface area (Å²) >= 11 is 5.85. The summed E-state index contributed by atoms with van der Waals surface area (Å²) in [6.45, 7) is 1.11. The Morgan fingerprint density at radius 1 is 1.37 bits per heavy atom. The van der Waals surface area contributed by atoms with Crippen LogP contribution in [0.5, 0.6) is 0 Å². The van der Waals surface area contributed by atoms with E-state index in [1.165, 1.54) is 25.1 Å². The standard InChI is InChI=1S/C12H14ClNO5/c1-6(15)14-5-10(16)11(17)8-4-7(12(18)19)2-3-9(8)13/h2-4,10-11,16-17H,5H2,1H3,(H,14,15)(H,18,19). The first kappa shape index (κ1) is 15.4. The molecule has 0 saturated carbocycles. The highest BCUT2D eigenvalue weighted by atomic mass is 35.5. The van der Waals surface area contributed by atoms with Crippen molar-refractivity contribution in [2.24, 2.45) is 0 Å². The summed E-state index contributed by atoms with van der Waals surface area (Å²) in [5, 5.41) is 30.9. The third kappa shape index (κ3) is 4.20. The van der Waals surface area contributed by atoms with Gasteiger partial charge in [0.25, 0.3) is 0 Å². The van der Waals surface area contributed by atoms with Crippen molar-refractivity contribution in [3.63, 3.8) is 0 Å². The molecule has 0 spiro atoms. The number of carboxylic acids is 1. The van der Waals surface area contributed by atoms with Crippen LogP contribution in [0, 0.1) is 0 Å². The highest BCUT2D eigenvalue weighted by molar-refractivity contribution is 6.31. The average molecular weight is 288 g/mol. The van der Waals surface area contributed by atoms with Gasteiger partial charge in [0.1, 0.15) is 12.2 Å². The van der Waals surface area contributed by atoms with E-state index in [0.29, 0.717) is 0 Å². The van der Waals surface area contributed by atoms with Crippen LogP contribution in [0.4, 0.5) is 0 Å². The first-order chi connectivity index (χ1) is 8.82. The Bertz CT molecular complexity index is 491. The smallest absolute Gasteiger partial charge is 0.335 e. The molecule has 4 N–H and O–H groups in total. The van der Waals surface area contributed by atoms with Crippen molar-refractivity contribution in [3.8, 4) is 0 Å². The number of rotatable bonds is 5. The second-order valence-corrected chi connectivity index (χ2v) is 4.40. The minimum absolute atomic E-state index is 0.0508. The molecule has 2 atom stereocenters. The predicted molar refractivity (Wildman–Crippen MR) is 68.1 cm³/mol. The molecular weight excluding hydrogens is 274 g/mol. The number of amides is 1. The Morgan fingerprint density at radius 2 is 2.00 bits per heavy atom. The summed E-state index contributed by atoms with van der Waals surface area (Å²) in [6, 6.07) is 3.81. The quantitative estimate of drug-likeness (QED) is 0.633. The molecule has 1 aromatic carbocycles. The molecule has 104 valence electrons. The van der Waals surface area contributed by atoms with Gasteiger partial charge in [-0.2, -0.15) is 0 Å². The van der Waals surface area contributed by atoms with Gasteiger partial charge in [0.2, 0.25) is 5.91 Å². The van der Waals surface area contributed by atoms with E-state index in [1.807, 2.05) is 0 Å². The number of hydrogen-bond acceptors (Lipinski definition) is 4. The zero-order valence-corrected chi connectivity index (χ0v) is 10.9. The fraction of sp³-hybridized carbons (Fsp3) is 0.333. The lowest BCUT2D eigenvalue weighted by Crippen LogP contribution is -2.34. The summed E-state index contributed by atoms with van der Waals surface area (Å²) in [4.78, 5) is 21.5. The summed E-state index contributed by atoms with van der Waals surface area (Å²) in [5.41, 5.74) is 0.0459. The van der Waals surface area contributed by atoms with Crippen LogP contribution < -0.4 is 5.32 Å². The van der Waals surface area contributed by atoms with Crippen molar-refractivity contribution in [1.82, 2.24) is 5.32 Å². The number of aliphatic hydroxyl groups is 2. The van der Waals surface area contributed by atoms with Crippen LogP contribution in [0.15, 0.2) is 18.2 Å². The van der Waals surface area contributed by atoms with Gasteiger partial charge in [0, 0.05) is 24.1 Å². The van der Waals surface area contributed by atoms with Crippen LogP contribution in [-0.4, -0.2) is 39.8 Å². The van der Waals surface area contributed by atoms with Crippen LogP contribution in [0.1, 0.15) is 28.9 Å². The maximum atomic E-state index is 10.8. The number of nitrogens with one attached hydrogen (secondary N) is 1. The van der Waals surface area contributed by atoms with Crippen LogP contribution in [0.3, 0.4) is 0 Å². The maximum Gasteiger partial charge on any atom is 0.335 e. The van der Waals surface area contributed by atoms with Gasteiger partial charge in [0.15, 0.2) is 0 Å². The summed E-state index contributed by atoms with van der Waals surface area (Å²) in [5.74, 6) is -1.52. The summed E-state index contributed by atoms with van der Waals surface area (Å²) in [7, 11) is 0. The molecule has 2 unspecified atom stereocenters. The largest absolute Gasteiger partial charge is 0.478 e. The van der Waals surface area contributed by atoms with Gasteiger partial charge in [-0.15, -0.1) is 0 Å². The van der Waals surface area contributed by atoms with Crippen LogP contribution in [-0.2, 0) is 4.79 Å². The van der Waals surface area contributed by atoms with Gasteiger partial charge in [-0.1, -0.05) is 11.6 Å². The van der Waals surface area contributed by atoms with Gasteiger partial charge >= 0.3 is 5.97 Å². The van der Waals surface area contributed by atoms with E-state index in [9.17, 15) is 19.8 Å². The van der Waals surface area contributed by atoms with Crippen LogP contribution in [0.2, 0.25) is 5.02 Å². The Labute approximate surface area is 114 Å². The maximum absolute atomic E-state index is 10.8. The molecule has 0 fully saturated rings. The topological polar surface area (TPSA) is 107 Å². The number of hydrogen-bond donors (Lipinski definition) is 4. The van der Waals surface area contributed by atoms with Crippen molar-refractivity contribution in [2.45, 2.75) is 19.1 Å². The van der Waals surface area contributed by atoms with Gasteiger partial charge in [-0.25, -0.2) is 4.79 Å². The molecule has 0 aliphatic rings. The number of benzene rings is 1. The number of carbonyl (C=O) groups excluding carboxylic acids is 1. The minimum Gasteiger partial charge on any atom is -0.478 e. The van der Waals surface area contributed by atoms with Gasteiger partial charge in [0.05, 0.1) is 5.56 Å². The lowest BCUT2D eigenvalue weighted by atomic mass is 10.0. The Kier molecular flexibility index (Phi) is 5.29. The molecule has 6 nitrogen and oxygen atoms in total. The molecule has 0 heterocycles. The Balaban J connectivity index is 2.91. The van der Waals surface area contributed by atoms with Crippen molar-refractivity contribution < 1.29 is 24.9 Å². The van der Waals surface area contributed by atoms with Gasteiger partial charge in [-0.05, 0) is 18.2 Å². The average Bonchev–Trinajstić information content (AvgIpc) is 2.35. The number of carboxylic acid groups (broad SMARTS) is 1.